The third kappa shape index (κ3) is 5.92. The quantitative estimate of drug-likeness (QED) is 0.178. The second-order valence-electron chi connectivity index (χ2n) is 7.04. The number of nitrogens with one attached hydrogen (secondary N) is 1. The normalized spacial score (nSPS) is 11.0. The van der Waals surface area contributed by atoms with Gasteiger partial charge in [-0.1, -0.05) is 76.2 Å². The molecule has 0 fully saturated rings. The molecular formula is C25H22BrN5O2S. The van der Waals surface area contributed by atoms with Crippen molar-refractivity contribution in [2.75, 3.05) is 12.4 Å². The number of thioether (sulfide) groups is 1. The second-order valence-corrected chi connectivity index (χ2v) is 8.83. The Morgan fingerprint density at radius 3 is 2.53 bits per heavy atom. The maximum atomic E-state index is 12.4. The summed E-state index contributed by atoms with van der Waals surface area (Å²) in [6.07, 6.45) is 1.60. The van der Waals surface area contributed by atoms with E-state index in [1.165, 1.54) is 11.8 Å². The molecule has 9 heteroatoms. The van der Waals surface area contributed by atoms with Gasteiger partial charge in [-0.25, -0.2) is 5.43 Å². The number of rotatable bonds is 9. The summed E-state index contributed by atoms with van der Waals surface area (Å²) in [5.74, 6) is 1.38. The monoisotopic (exact) mass is 535 g/mol. The third-order valence-corrected chi connectivity index (χ3v) is 6.35. The van der Waals surface area contributed by atoms with E-state index in [1.807, 2.05) is 90.4 Å². The van der Waals surface area contributed by atoms with Crippen LogP contribution in [-0.4, -0.2) is 39.2 Å². The highest BCUT2D eigenvalue weighted by Gasteiger charge is 2.17. The van der Waals surface area contributed by atoms with E-state index in [9.17, 15) is 4.79 Å². The molecule has 0 radical (unpaired) electrons. The summed E-state index contributed by atoms with van der Waals surface area (Å²) >= 11 is 4.75. The van der Waals surface area contributed by atoms with E-state index in [1.54, 1.807) is 6.21 Å². The molecule has 1 amide bonds. The van der Waals surface area contributed by atoms with Gasteiger partial charge in [0.2, 0.25) is 0 Å². The average Bonchev–Trinajstić information content (AvgIpc) is 3.29. The average molecular weight is 536 g/mol. The Labute approximate surface area is 210 Å². The Kier molecular flexibility index (Phi) is 8.11. The van der Waals surface area contributed by atoms with Crippen molar-refractivity contribution >= 4 is 39.8 Å². The predicted octanol–water partition coefficient (Wildman–Crippen LogP) is 5.34. The Bertz CT molecular complexity index is 1280. The summed E-state index contributed by atoms with van der Waals surface area (Å²) in [6, 6.07) is 25.2. The molecule has 0 saturated heterocycles. The molecule has 0 saturated carbocycles. The van der Waals surface area contributed by atoms with Crippen molar-refractivity contribution in [1.82, 2.24) is 20.2 Å². The zero-order chi connectivity index (χ0) is 23.8. The number of halogens is 1. The van der Waals surface area contributed by atoms with Gasteiger partial charge in [-0.15, -0.1) is 10.2 Å². The molecule has 4 rings (SSSR count). The largest absolute Gasteiger partial charge is 0.494 e. The van der Waals surface area contributed by atoms with Gasteiger partial charge in [-0.05, 0) is 37.3 Å². The van der Waals surface area contributed by atoms with Crippen LogP contribution >= 0.6 is 27.7 Å². The highest BCUT2D eigenvalue weighted by molar-refractivity contribution is 9.10. The lowest BCUT2D eigenvalue weighted by molar-refractivity contribution is -0.118. The van der Waals surface area contributed by atoms with E-state index < -0.39 is 0 Å². The third-order valence-electron chi connectivity index (χ3n) is 4.70. The summed E-state index contributed by atoms with van der Waals surface area (Å²) in [7, 11) is 0. The standard InChI is InChI=1S/C25H22BrN5O2S/c1-2-33-21-14-12-20(13-15-21)31-24(18-8-4-3-5-9-18)29-30-25(31)34-17-23(32)28-27-16-19-10-6-7-11-22(19)26/h3-16H,2,17H2,1H3,(H,28,32). The predicted molar refractivity (Wildman–Crippen MR) is 139 cm³/mol. The maximum absolute atomic E-state index is 12.4. The van der Waals surface area contributed by atoms with Gasteiger partial charge in [0.15, 0.2) is 11.0 Å². The molecule has 1 N–H and O–H groups in total. The number of nitrogens with zero attached hydrogens (tertiary/aromatic N) is 4. The van der Waals surface area contributed by atoms with E-state index in [-0.39, 0.29) is 11.7 Å². The highest BCUT2D eigenvalue weighted by Crippen LogP contribution is 2.28. The first-order valence-electron chi connectivity index (χ1n) is 10.6. The molecule has 172 valence electrons. The summed E-state index contributed by atoms with van der Waals surface area (Å²) in [5.41, 5.74) is 5.24. The van der Waals surface area contributed by atoms with Crippen LogP contribution in [-0.2, 0) is 4.79 Å². The molecule has 4 aromatic rings. The zero-order valence-corrected chi connectivity index (χ0v) is 20.8. The van der Waals surface area contributed by atoms with Crippen LogP contribution < -0.4 is 10.2 Å². The van der Waals surface area contributed by atoms with E-state index in [2.05, 4.69) is 36.7 Å². The molecule has 0 aliphatic heterocycles. The minimum absolute atomic E-state index is 0.136. The van der Waals surface area contributed by atoms with Crippen LogP contribution in [0.2, 0.25) is 0 Å². The molecule has 0 aliphatic rings. The molecule has 7 nitrogen and oxygen atoms in total. The van der Waals surface area contributed by atoms with Gasteiger partial charge in [-0.2, -0.15) is 5.10 Å². The number of hydrogen-bond acceptors (Lipinski definition) is 6. The van der Waals surface area contributed by atoms with Crippen LogP contribution in [0.4, 0.5) is 0 Å². The maximum Gasteiger partial charge on any atom is 0.250 e. The smallest absolute Gasteiger partial charge is 0.250 e. The minimum Gasteiger partial charge on any atom is -0.494 e. The van der Waals surface area contributed by atoms with Crippen molar-refractivity contribution in [3.63, 3.8) is 0 Å². The van der Waals surface area contributed by atoms with Gasteiger partial charge < -0.3 is 4.74 Å². The van der Waals surface area contributed by atoms with Gasteiger partial charge in [0.1, 0.15) is 5.75 Å². The first-order chi connectivity index (χ1) is 16.7. The van der Waals surface area contributed by atoms with Crippen molar-refractivity contribution in [2.24, 2.45) is 5.10 Å². The Morgan fingerprint density at radius 2 is 1.79 bits per heavy atom. The fraction of sp³-hybridized carbons (Fsp3) is 0.120. The first-order valence-corrected chi connectivity index (χ1v) is 12.4. The van der Waals surface area contributed by atoms with Crippen LogP contribution in [0.25, 0.3) is 17.1 Å². The van der Waals surface area contributed by atoms with Crippen LogP contribution in [0.3, 0.4) is 0 Å². The number of amides is 1. The number of carbonyl (C=O) groups excluding carboxylic acids is 1. The molecule has 3 aromatic carbocycles. The van der Waals surface area contributed by atoms with Crippen molar-refractivity contribution in [3.8, 4) is 22.8 Å². The lowest BCUT2D eigenvalue weighted by atomic mass is 10.2. The van der Waals surface area contributed by atoms with Crippen molar-refractivity contribution < 1.29 is 9.53 Å². The van der Waals surface area contributed by atoms with Crippen molar-refractivity contribution in [1.29, 1.82) is 0 Å². The van der Waals surface area contributed by atoms with Gasteiger partial charge in [0.05, 0.1) is 18.6 Å². The van der Waals surface area contributed by atoms with Gasteiger partial charge in [0.25, 0.3) is 5.91 Å². The number of ether oxygens (including phenoxy) is 1. The molecule has 34 heavy (non-hydrogen) atoms. The molecule has 0 bridgehead atoms. The van der Waals surface area contributed by atoms with E-state index in [0.717, 1.165) is 27.0 Å². The van der Waals surface area contributed by atoms with Gasteiger partial charge >= 0.3 is 0 Å². The second kappa shape index (κ2) is 11.6. The molecule has 0 atom stereocenters. The lowest BCUT2D eigenvalue weighted by Gasteiger charge is -2.11. The van der Waals surface area contributed by atoms with Crippen molar-refractivity contribution in [3.05, 3.63) is 88.9 Å². The van der Waals surface area contributed by atoms with Gasteiger partial charge in [0, 0.05) is 21.3 Å². The zero-order valence-electron chi connectivity index (χ0n) is 18.4. The van der Waals surface area contributed by atoms with Crippen molar-refractivity contribution in [2.45, 2.75) is 12.1 Å². The summed E-state index contributed by atoms with van der Waals surface area (Å²) < 4.78 is 8.40. The molecule has 0 unspecified atom stereocenters. The Balaban J connectivity index is 1.51. The Hall–Kier alpha value is -3.43. The minimum atomic E-state index is -0.240. The summed E-state index contributed by atoms with van der Waals surface area (Å²) in [4.78, 5) is 12.4. The number of hydrogen-bond donors (Lipinski definition) is 1. The SMILES string of the molecule is CCOc1ccc(-n2c(SCC(=O)NN=Cc3ccccc3Br)nnc2-c2ccccc2)cc1. The first kappa shape index (κ1) is 23.7. The van der Waals surface area contributed by atoms with E-state index in [4.69, 9.17) is 4.74 Å². The number of hydrazone groups is 1. The lowest BCUT2D eigenvalue weighted by Crippen LogP contribution is -2.20. The van der Waals surface area contributed by atoms with Crippen LogP contribution in [0.1, 0.15) is 12.5 Å². The molecule has 1 aromatic heterocycles. The number of benzene rings is 3. The molecular weight excluding hydrogens is 514 g/mol. The molecule has 0 aliphatic carbocycles. The molecule has 0 spiro atoms. The summed E-state index contributed by atoms with van der Waals surface area (Å²) in [6.45, 7) is 2.55. The topological polar surface area (TPSA) is 81.4 Å². The summed E-state index contributed by atoms with van der Waals surface area (Å²) in [5, 5.41) is 13.4. The molecule has 1 heterocycles. The van der Waals surface area contributed by atoms with Gasteiger partial charge in [-0.3, -0.25) is 9.36 Å². The number of aromatic nitrogens is 3. The van der Waals surface area contributed by atoms with E-state index in [0.29, 0.717) is 17.6 Å². The van der Waals surface area contributed by atoms with Crippen LogP contribution in [0.15, 0.2) is 93.6 Å². The number of carbonyl (C=O) groups is 1. The Morgan fingerprint density at radius 1 is 1.06 bits per heavy atom. The highest BCUT2D eigenvalue weighted by atomic mass is 79.9. The fourth-order valence-corrected chi connectivity index (χ4v) is 4.28. The van der Waals surface area contributed by atoms with E-state index >= 15 is 0 Å². The van der Waals surface area contributed by atoms with Crippen LogP contribution in [0, 0.1) is 0 Å². The fourth-order valence-electron chi connectivity index (χ4n) is 3.14. The van der Waals surface area contributed by atoms with Crippen LogP contribution in [0.5, 0.6) is 5.75 Å².